The number of likely N-dealkylation sites (N-methyl/N-ethyl adjacent to an activating group) is 1. The monoisotopic (exact) mass is 883 g/mol. The Morgan fingerprint density at radius 1 is 0.969 bits per heavy atom. The number of phenolic OH excluding ortho intramolecular Hbond substituents is 2. The second kappa shape index (κ2) is 16.7. The summed E-state index contributed by atoms with van der Waals surface area (Å²) in [6.45, 7) is 9.07. The van der Waals surface area contributed by atoms with Crippen LogP contribution in [0.2, 0.25) is 0 Å². The average Bonchev–Trinajstić information content (AvgIpc) is 4.00. The third-order valence-corrected chi connectivity index (χ3v) is 12.6. The fraction of sp³-hybridized carbons (Fsp3) is 0.333. The van der Waals surface area contributed by atoms with E-state index >= 15 is 0 Å². The molecule has 65 heavy (non-hydrogen) atoms. The van der Waals surface area contributed by atoms with Gasteiger partial charge < -0.3 is 48.7 Å². The number of hydrogen-bond acceptors (Lipinski definition) is 13. The SMILES string of the molecule is CCc1c2c(nc3ccc(OCC(=O)N(C)CCOCCn4ccc5cc(-n6c(O)nnc6-c6cc(C(C)C)c(O)cc6O)ccc54)cc13)-c1cc3c(c(=O)n1C2)COC(=O)C3(O)CC. The van der Waals surface area contributed by atoms with Crippen LogP contribution in [0.25, 0.3) is 50.3 Å². The van der Waals surface area contributed by atoms with Crippen LogP contribution in [0.3, 0.4) is 0 Å². The van der Waals surface area contributed by atoms with Crippen LogP contribution in [0, 0.1) is 0 Å². The Balaban J connectivity index is 0.804. The summed E-state index contributed by atoms with van der Waals surface area (Å²) in [7, 11) is 1.70. The number of pyridine rings is 2. The number of amides is 1. The minimum atomic E-state index is -1.91. The molecule has 0 saturated heterocycles. The first-order valence-corrected chi connectivity index (χ1v) is 21.6. The highest BCUT2D eigenvalue weighted by Gasteiger charge is 2.45. The van der Waals surface area contributed by atoms with E-state index in [1.807, 2.05) is 67.9 Å². The van der Waals surface area contributed by atoms with Crippen molar-refractivity contribution in [2.45, 2.75) is 71.8 Å². The van der Waals surface area contributed by atoms with Crippen LogP contribution in [0.5, 0.6) is 23.3 Å². The predicted octanol–water partition coefficient (Wildman–Crippen LogP) is 5.64. The maximum atomic E-state index is 13.7. The van der Waals surface area contributed by atoms with E-state index in [-0.39, 0.29) is 78.0 Å². The van der Waals surface area contributed by atoms with Gasteiger partial charge in [0.25, 0.3) is 11.5 Å². The van der Waals surface area contributed by atoms with Gasteiger partial charge in [0.15, 0.2) is 18.0 Å². The number of esters is 1. The topological polar surface area (TPSA) is 217 Å². The Morgan fingerprint density at radius 2 is 1.78 bits per heavy atom. The zero-order valence-corrected chi connectivity index (χ0v) is 36.7. The van der Waals surface area contributed by atoms with Crippen molar-refractivity contribution in [3.05, 3.63) is 105 Å². The number of fused-ring (bicyclic) bond motifs is 6. The molecule has 4 N–H and O–H groups in total. The lowest BCUT2D eigenvalue weighted by molar-refractivity contribution is -0.172. The van der Waals surface area contributed by atoms with Crippen LogP contribution >= 0.6 is 0 Å². The van der Waals surface area contributed by atoms with Crippen molar-refractivity contribution in [2.24, 2.45) is 0 Å². The first-order chi connectivity index (χ1) is 31.2. The number of aromatic hydroxyl groups is 3. The van der Waals surface area contributed by atoms with Gasteiger partial charge in [0.05, 0.1) is 53.5 Å². The molecule has 2 aliphatic heterocycles. The van der Waals surface area contributed by atoms with Gasteiger partial charge in [0.2, 0.25) is 0 Å². The predicted molar refractivity (Wildman–Crippen MR) is 239 cm³/mol. The number of benzene rings is 3. The molecule has 2 aliphatic rings. The second-order valence-corrected chi connectivity index (χ2v) is 16.8. The standard InChI is InChI=1S/C48H49N7O10/c1-6-30-32-19-29(9-10-37(32)49-43-34(30)23-54-39(43)21-36-35(45(54)59)24-65-46(60)48(36,62)7-2)64-25-42(58)52(5)14-16-63-17-15-53-13-12-27-18-28(8-11-38(27)53)55-44(50-51-47(55)61)33-20-31(26(3)4)40(56)22-41(33)57/h8-13,18-22,26,56-57,62H,6-7,14-17,23-25H2,1-5H3,(H,51,61). The Kier molecular flexibility index (Phi) is 11.1. The molecule has 0 aliphatic carbocycles. The number of nitrogens with zero attached hydrogens (tertiary/aromatic N) is 7. The van der Waals surface area contributed by atoms with Crippen LogP contribution in [0.15, 0.2) is 71.7 Å². The van der Waals surface area contributed by atoms with Gasteiger partial charge in [-0.1, -0.05) is 32.8 Å². The molecule has 7 aromatic rings. The summed E-state index contributed by atoms with van der Waals surface area (Å²) < 4.78 is 22.2. The summed E-state index contributed by atoms with van der Waals surface area (Å²) in [4.78, 5) is 45.9. The first-order valence-electron chi connectivity index (χ1n) is 21.6. The summed E-state index contributed by atoms with van der Waals surface area (Å²) in [5, 5.41) is 52.7. The quantitative estimate of drug-likeness (QED) is 0.0770. The van der Waals surface area contributed by atoms with Crippen molar-refractivity contribution >= 4 is 33.7 Å². The number of phenols is 2. The number of aliphatic hydroxyl groups is 1. The van der Waals surface area contributed by atoms with E-state index in [1.54, 1.807) is 41.6 Å². The molecule has 9 rings (SSSR count). The summed E-state index contributed by atoms with van der Waals surface area (Å²) >= 11 is 0. The van der Waals surface area contributed by atoms with Crippen molar-refractivity contribution in [2.75, 3.05) is 33.4 Å². The van der Waals surface area contributed by atoms with Gasteiger partial charge in [-0.15, -0.1) is 5.10 Å². The van der Waals surface area contributed by atoms with E-state index in [0.29, 0.717) is 72.2 Å². The van der Waals surface area contributed by atoms with Crippen LogP contribution in [0.4, 0.5) is 0 Å². The number of carbonyl (C=O) groups excluding carboxylic acids is 2. The molecule has 336 valence electrons. The smallest absolute Gasteiger partial charge is 0.343 e. The molecular formula is C48H49N7O10. The van der Waals surface area contributed by atoms with Crippen molar-refractivity contribution in [3.8, 4) is 51.7 Å². The fourth-order valence-electron chi connectivity index (χ4n) is 8.93. The molecule has 0 saturated carbocycles. The summed E-state index contributed by atoms with van der Waals surface area (Å²) in [6.07, 6.45) is 2.65. The Bertz CT molecular complexity index is 3120. The summed E-state index contributed by atoms with van der Waals surface area (Å²) in [5.74, 6) is -0.501. The maximum absolute atomic E-state index is 13.7. The van der Waals surface area contributed by atoms with Crippen LogP contribution in [-0.4, -0.2) is 99.5 Å². The molecule has 0 spiro atoms. The Labute approximate surface area is 372 Å². The fourth-order valence-corrected chi connectivity index (χ4v) is 8.93. The molecule has 1 atom stereocenters. The van der Waals surface area contributed by atoms with E-state index in [0.717, 1.165) is 27.4 Å². The number of aryl methyl sites for hydroxylation is 1. The lowest BCUT2D eigenvalue weighted by Crippen LogP contribution is -2.44. The van der Waals surface area contributed by atoms with Gasteiger partial charge >= 0.3 is 12.0 Å². The lowest BCUT2D eigenvalue weighted by atomic mass is 9.86. The largest absolute Gasteiger partial charge is 0.508 e. The van der Waals surface area contributed by atoms with Crippen molar-refractivity contribution in [1.82, 2.24) is 33.8 Å². The molecule has 4 aromatic heterocycles. The molecule has 1 amide bonds. The van der Waals surface area contributed by atoms with Gasteiger partial charge in [0.1, 0.15) is 23.9 Å². The zero-order valence-electron chi connectivity index (χ0n) is 36.7. The third-order valence-electron chi connectivity index (χ3n) is 12.6. The van der Waals surface area contributed by atoms with E-state index in [4.69, 9.17) is 19.2 Å². The minimum Gasteiger partial charge on any atom is -0.508 e. The number of hydrogen-bond donors (Lipinski definition) is 4. The number of rotatable bonds is 14. The van der Waals surface area contributed by atoms with Gasteiger partial charge in [-0.2, -0.15) is 0 Å². The first kappa shape index (κ1) is 43.0. The molecule has 0 bridgehead atoms. The molecule has 17 heteroatoms. The van der Waals surface area contributed by atoms with Crippen molar-refractivity contribution in [1.29, 1.82) is 0 Å². The second-order valence-electron chi connectivity index (χ2n) is 16.8. The van der Waals surface area contributed by atoms with Crippen molar-refractivity contribution < 1.29 is 44.2 Å². The molecule has 0 fully saturated rings. The molecular weight excluding hydrogens is 835 g/mol. The highest BCUT2D eigenvalue weighted by molar-refractivity contribution is 5.90. The number of carbonyl (C=O) groups is 2. The average molecular weight is 884 g/mol. The zero-order chi connectivity index (χ0) is 45.9. The van der Waals surface area contributed by atoms with Crippen LogP contribution in [-0.2, 0) is 50.8 Å². The maximum Gasteiger partial charge on any atom is 0.343 e. The molecule has 17 nitrogen and oxygen atoms in total. The highest BCUT2D eigenvalue weighted by atomic mass is 16.6. The van der Waals surface area contributed by atoms with Gasteiger partial charge in [0, 0.05) is 59.8 Å². The number of cyclic esters (lactones) is 1. The van der Waals surface area contributed by atoms with E-state index < -0.39 is 11.6 Å². The van der Waals surface area contributed by atoms with Gasteiger partial charge in [-0.25, -0.2) is 14.3 Å². The lowest BCUT2D eigenvalue weighted by Gasteiger charge is -2.31. The van der Waals surface area contributed by atoms with Crippen molar-refractivity contribution in [3.63, 3.8) is 0 Å². The molecule has 6 heterocycles. The summed E-state index contributed by atoms with van der Waals surface area (Å²) in [5.41, 5.74) is 4.52. The normalized spacial score (nSPS) is 15.3. The van der Waals surface area contributed by atoms with Gasteiger partial charge in [-0.3, -0.25) is 9.59 Å². The molecule has 0 radical (unpaired) electrons. The van der Waals surface area contributed by atoms with E-state index in [9.17, 15) is 34.8 Å². The van der Waals surface area contributed by atoms with E-state index in [2.05, 4.69) is 10.2 Å². The van der Waals surface area contributed by atoms with Gasteiger partial charge in [-0.05, 0) is 84.5 Å². The molecule has 1 unspecified atom stereocenters. The third kappa shape index (κ3) is 7.39. The summed E-state index contributed by atoms with van der Waals surface area (Å²) in [6, 6.07) is 17.3. The van der Waals surface area contributed by atoms with Crippen LogP contribution in [0.1, 0.15) is 67.9 Å². The van der Waals surface area contributed by atoms with Crippen LogP contribution < -0.4 is 10.3 Å². The number of aromatic nitrogens is 6. The Hall–Kier alpha value is -7.24. The van der Waals surface area contributed by atoms with E-state index in [1.165, 1.54) is 10.6 Å². The molecule has 3 aromatic carbocycles. The highest BCUT2D eigenvalue weighted by Crippen LogP contribution is 2.42. The minimum absolute atomic E-state index is 0.0219. The number of ether oxygens (including phenoxy) is 3. The Morgan fingerprint density at radius 3 is 2.55 bits per heavy atom.